The van der Waals surface area contributed by atoms with E-state index in [9.17, 15) is 0 Å². The molecule has 0 spiro atoms. The van der Waals surface area contributed by atoms with Crippen molar-refractivity contribution in [1.82, 2.24) is 0 Å². The molecule has 0 amide bonds. The van der Waals surface area contributed by atoms with Crippen molar-refractivity contribution < 1.29 is 0 Å². The van der Waals surface area contributed by atoms with Crippen LogP contribution in [0.5, 0.6) is 0 Å². The molecule has 0 fully saturated rings. The quantitative estimate of drug-likeness (QED) is 0.471. The van der Waals surface area contributed by atoms with E-state index in [1.807, 2.05) is 0 Å². The summed E-state index contributed by atoms with van der Waals surface area (Å²) in [5.74, 6) is 0. The summed E-state index contributed by atoms with van der Waals surface area (Å²) in [4.78, 5) is 0. The van der Waals surface area contributed by atoms with Gasteiger partial charge in [-0.3, -0.25) is 0 Å². The Balaban J connectivity index is 0. The zero-order valence-electron chi connectivity index (χ0n) is 2.29. The van der Waals surface area contributed by atoms with Crippen LogP contribution < -0.4 is 0 Å². The Morgan fingerprint density at radius 2 is 1.00 bits per heavy atom. The Morgan fingerprint density at radius 1 is 1.00 bits per heavy atom. The van der Waals surface area contributed by atoms with Crippen LogP contribution in [0.25, 0.3) is 0 Å². The summed E-state index contributed by atoms with van der Waals surface area (Å²) in [6.45, 7) is 0. The van der Waals surface area contributed by atoms with Crippen LogP contribution in [0.2, 0.25) is 0 Å². The molecule has 0 aliphatic heterocycles. The fourth-order valence-corrected chi connectivity index (χ4v) is 0. The van der Waals surface area contributed by atoms with Crippen LogP contribution in [0.3, 0.4) is 0 Å². The molecule has 0 aromatic heterocycles. The first-order valence-corrected chi connectivity index (χ1v) is 23.1. The first-order valence-electron chi connectivity index (χ1n) is 0.507. The third kappa shape index (κ3) is 19.2. The third-order valence-corrected chi connectivity index (χ3v) is 0. The first kappa shape index (κ1) is 11.0. The van der Waals surface area contributed by atoms with Crippen molar-refractivity contribution in [2.45, 2.75) is 0 Å². The van der Waals surface area contributed by atoms with Crippen LogP contribution in [0.4, 0.5) is 0 Å². The van der Waals surface area contributed by atoms with Crippen molar-refractivity contribution in [3.8, 4) is 0 Å². The molecule has 0 unspecified atom stereocenters. The van der Waals surface area contributed by atoms with Crippen LogP contribution in [0.15, 0.2) is 0 Å². The SMILES string of the molecule is [Br][Bi]([Br])[Br].[Mg]. The van der Waals surface area contributed by atoms with Crippen molar-refractivity contribution in [1.29, 1.82) is 0 Å². The van der Waals surface area contributed by atoms with Crippen LogP contribution in [-0.4, -0.2) is 37.8 Å². The molecule has 0 nitrogen and oxygen atoms in total. The topological polar surface area (TPSA) is 0 Å². The Hall–Kier alpha value is 3.09. The van der Waals surface area contributed by atoms with Gasteiger partial charge in [-0.2, -0.15) is 0 Å². The van der Waals surface area contributed by atoms with Crippen molar-refractivity contribution in [3.05, 3.63) is 0 Å². The Labute approximate surface area is 72.6 Å². The minimum atomic E-state index is -1.16. The van der Waals surface area contributed by atoms with Crippen molar-refractivity contribution in [2.75, 3.05) is 0 Å². The van der Waals surface area contributed by atoms with E-state index in [0.717, 1.165) is 0 Å². The molecule has 5 heavy (non-hydrogen) atoms. The largest absolute Gasteiger partial charge is 0 e. The monoisotopic (exact) mass is 470 g/mol. The van der Waals surface area contributed by atoms with Crippen LogP contribution in [0, 0.1) is 0 Å². The van der Waals surface area contributed by atoms with Gasteiger partial charge >= 0.3 is 51.4 Å². The summed E-state index contributed by atoms with van der Waals surface area (Å²) in [6.07, 6.45) is 0. The van der Waals surface area contributed by atoms with Gasteiger partial charge in [-0.15, -0.1) is 0 Å². The molecule has 0 atom stereocenters. The van der Waals surface area contributed by atoms with E-state index in [2.05, 4.69) is 36.7 Å². The standard InChI is InChI=1S/Bi.3BrH.Mg/h;3*1H;/q+3;;;;/p-3. The molecule has 0 bridgehead atoms. The smallest absolute Gasteiger partial charge is 0 e. The molecular weight excluding hydrogens is 473 g/mol. The fraction of sp³-hybridized carbons (Fsp3) is 0. The van der Waals surface area contributed by atoms with Crippen LogP contribution in [0.1, 0.15) is 0 Å². The second-order valence-corrected chi connectivity index (χ2v) is 45.4. The summed E-state index contributed by atoms with van der Waals surface area (Å²) in [7, 11) is 0. The molecule has 0 saturated heterocycles. The van der Waals surface area contributed by atoms with E-state index < -0.39 is 14.7 Å². The number of rotatable bonds is 0. The Kier molecular flexibility index (Phi) is 15.5. The Bertz CT molecular complexity index is 11.6. The summed E-state index contributed by atoms with van der Waals surface area (Å²) >= 11 is 8.77. The molecule has 0 aliphatic carbocycles. The van der Waals surface area contributed by atoms with Gasteiger partial charge in [0.15, 0.2) is 0 Å². The normalized spacial score (nSPS) is 7.20. The van der Waals surface area contributed by atoms with Crippen molar-refractivity contribution in [3.63, 3.8) is 0 Å². The zero-order valence-corrected chi connectivity index (χ0v) is 11.9. The minimum Gasteiger partial charge on any atom is 0 e. The summed E-state index contributed by atoms with van der Waals surface area (Å²) in [6, 6.07) is 0. The van der Waals surface area contributed by atoms with Crippen LogP contribution in [-0.2, 0) is 0 Å². The van der Waals surface area contributed by atoms with Crippen LogP contribution >= 0.6 is 36.7 Å². The maximum atomic E-state index is 3.31. The van der Waals surface area contributed by atoms with Gasteiger partial charge in [0.2, 0.25) is 0 Å². The maximum Gasteiger partial charge on any atom is 0 e. The minimum absolute atomic E-state index is 0. The van der Waals surface area contributed by atoms with Gasteiger partial charge in [-0.1, -0.05) is 0 Å². The molecule has 0 aromatic carbocycles. The van der Waals surface area contributed by atoms with Gasteiger partial charge in [0.1, 0.15) is 0 Å². The fourth-order valence-electron chi connectivity index (χ4n) is 0. The van der Waals surface area contributed by atoms with Crippen molar-refractivity contribution in [2.24, 2.45) is 0 Å². The van der Waals surface area contributed by atoms with E-state index in [0.29, 0.717) is 0 Å². The molecule has 0 saturated carbocycles. The molecule has 2 radical (unpaired) electrons. The van der Waals surface area contributed by atoms with Gasteiger partial charge < -0.3 is 0 Å². The summed E-state index contributed by atoms with van der Waals surface area (Å²) in [5, 5.41) is 0. The second-order valence-electron chi connectivity index (χ2n) is 0.192. The van der Waals surface area contributed by atoms with Gasteiger partial charge in [0.25, 0.3) is 0 Å². The molecule has 0 rings (SSSR count). The maximum absolute atomic E-state index is 3.31. The molecule has 0 aliphatic rings. The molecule has 0 heterocycles. The number of hydrogen-bond acceptors (Lipinski definition) is 0. The molecule has 0 N–H and O–H groups in total. The third-order valence-electron chi connectivity index (χ3n) is 0. The molecule has 0 aromatic rings. The Morgan fingerprint density at radius 3 is 1.00 bits per heavy atom. The molecular formula is BiBr3Mg. The molecule has 5 heteroatoms. The predicted molar refractivity (Wildman–Crippen MR) is 38.3 cm³/mol. The van der Waals surface area contributed by atoms with Gasteiger partial charge in [-0.25, -0.2) is 0 Å². The average Bonchev–Trinajstić information content (AvgIpc) is 0.811. The average molecular weight is 473 g/mol. The van der Waals surface area contributed by atoms with E-state index >= 15 is 0 Å². The van der Waals surface area contributed by atoms with Gasteiger partial charge in [0.05, 0.1) is 0 Å². The van der Waals surface area contributed by atoms with Gasteiger partial charge in [0, 0.05) is 23.1 Å². The van der Waals surface area contributed by atoms with E-state index in [-0.39, 0.29) is 23.1 Å². The van der Waals surface area contributed by atoms with Crippen molar-refractivity contribution >= 4 is 74.4 Å². The van der Waals surface area contributed by atoms with E-state index in [1.54, 1.807) is 0 Å². The second kappa shape index (κ2) is 7.09. The number of halogens is 3. The van der Waals surface area contributed by atoms with E-state index in [1.165, 1.54) is 0 Å². The summed E-state index contributed by atoms with van der Waals surface area (Å²) in [5.41, 5.74) is 0. The van der Waals surface area contributed by atoms with E-state index in [4.69, 9.17) is 0 Å². The molecule has 28 valence electrons. The summed E-state index contributed by atoms with van der Waals surface area (Å²) < 4.78 is 0. The number of hydrogen-bond donors (Lipinski definition) is 0. The predicted octanol–water partition coefficient (Wildman–Crippen LogP) is 1.78. The zero-order chi connectivity index (χ0) is 3.58. The van der Waals surface area contributed by atoms with Gasteiger partial charge in [-0.05, 0) is 0 Å². The first-order chi connectivity index (χ1) is 1.73.